The van der Waals surface area contributed by atoms with Gasteiger partial charge in [0, 0.05) is 32.4 Å². The highest BCUT2D eigenvalue weighted by molar-refractivity contribution is 7.92. The molecule has 2 heterocycles. The van der Waals surface area contributed by atoms with Crippen LogP contribution in [0.1, 0.15) is 10.5 Å². The fourth-order valence-electron chi connectivity index (χ4n) is 2.75. The van der Waals surface area contributed by atoms with E-state index >= 15 is 0 Å². The van der Waals surface area contributed by atoms with Crippen molar-refractivity contribution in [1.29, 1.82) is 0 Å². The number of sulfonamides is 1. The smallest absolute Gasteiger partial charge is 0.272 e. The van der Waals surface area contributed by atoms with Gasteiger partial charge in [-0.3, -0.25) is 14.5 Å². The third kappa shape index (κ3) is 4.55. The molecule has 1 amide bonds. The Bertz CT molecular complexity index is 907. The third-order valence-electron chi connectivity index (χ3n) is 4.39. The van der Waals surface area contributed by atoms with E-state index in [0.29, 0.717) is 24.5 Å². The number of amides is 1. The van der Waals surface area contributed by atoms with Crippen LogP contribution in [0, 0.1) is 0 Å². The first kappa shape index (κ1) is 19.1. The lowest BCUT2D eigenvalue weighted by Gasteiger charge is -2.32. The number of nitrogens with one attached hydrogen (secondary N) is 1. The van der Waals surface area contributed by atoms with Crippen molar-refractivity contribution >= 4 is 21.6 Å². The number of benzene rings is 1. The molecular weight excluding hydrogens is 368 g/mol. The summed E-state index contributed by atoms with van der Waals surface area (Å²) in [5, 5.41) is 0. The van der Waals surface area contributed by atoms with Crippen LogP contribution in [0.3, 0.4) is 0 Å². The van der Waals surface area contributed by atoms with Gasteiger partial charge in [0.2, 0.25) is 0 Å². The molecule has 0 saturated carbocycles. The van der Waals surface area contributed by atoms with E-state index in [2.05, 4.69) is 14.6 Å². The Balaban J connectivity index is 1.75. The third-order valence-corrected chi connectivity index (χ3v) is 5.79. The summed E-state index contributed by atoms with van der Waals surface area (Å²) in [6.07, 6.45) is 1.43. The maximum absolute atomic E-state index is 12.6. The highest BCUT2D eigenvalue weighted by Crippen LogP contribution is 2.20. The van der Waals surface area contributed by atoms with E-state index in [1.807, 2.05) is 7.05 Å². The zero-order chi connectivity index (χ0) is 19.4. The van der Waals surface area contributed by atoms with Gasteiger partial charge < -0.3 is 14.5 Å². The molecule has 9 heteroatoms. The summed E-state index contributed by atoms with van der Waals surface area (Å²) in [5.74, 6) is 0.367. The average Bonchev–Trinajstić information content (AvgIpc) is 2.68. The molecule has 0 radical (unpaired) electrons. The highest BCUT2D eigenvalue weighted by atomic mass is 32.2. The molecule has 27 heavy (non-hydrogen) atoms. The molecule has 144 valence electrons. The summed E-state index contributed by atoms with van der Waals surface area (Å²) in [6.45, 7) is 2.85. The number of ether oxygens (including phenoxy) is 1. The van der Waals surface area contributed by atoms with Crippen molar-refractivity contribution in [3.8, 4) is 5.75 Å². The van der Waals surface area contributed by atoms with E-state index in [1.54, 1.807) is 17.0 Å². The van der Waals surface area contributed by atoms with Gasteiger partial charge in [-0.05, 0) is 43.4 Å². The molecule has 0 atom stereocenters. The second-order valence-corrected chi connectivity index (χ2v) is 7.99. The fourth-order valence-corrected chi connectivity index (χ4v) is 3.80. The second-order valence-electron chi connectivity index (χ2n) is 6.31. The number of hydrogen-bond donors (Lipinski definition) is 1. The lowest BCUT2D eigenvalue weighted by atomic mass is 10.2. The van der Waals surface area contributed by atoms with Gasteiger partial charge in [-0.1, -0.05) is 0 Å². The number of anilines is 1. The maximum atomic E-state index is 12.6. The zero-order valence-electron chi connectivity index (χ0n) is 15.3. The Hall–Kier alpha value is -2.65. The molecule has 8 nitrogen and oxygen atoms in total. The number of carbonyl (C=O) groups excluding carboxylic acids is 1. The van der Waals surface area contributed by atoms with Crippen molar-refractivity contribution in [3.63, 3.8) is 0 Å². The van der Waals surface area contributed by atoms with Gasteiger partial charge in [0.1, 0.15) is 11.4 Å². The molecule has 1 saturated heterocycles. The van der Waals surface area contributed by atoms with Crippen LogP contribution >= 0.6 is 0 Å². The first-order valence-corrected chi connectivity index (χ1v) is 9.98. The van der Waals surface area contributed by atoms with Crippen LogP contribution in [0.15, 0.2) is 47.5 Å². The maximum Gasteiger partial charge on any atom is 0.272 e. The van der Waals surface area contributed by atoms with E-state index < -0.39 is 10.0 Å². The molecule has 0 bridgehead atoms. The molecule has 1 N–H and O–H groups in total. The molecule has 0 unspecified atom stereocenters. The number of methoxy groups -OCH3 is 1. The average molecular weight is 390 g/mol. The normalized spacial score (nSPS) is 15.4. The molecule has 1 aromatic heterocycles. The van der Waals surface area contributed by atoms with E-state index in [-0.39, 0.29) is 16.5 Å². The van der Waals surface area contributed by atoms with Crippen LogP contribution in [0.25, 0.3) is 0 Å². The number of piperazine rings is 1. The Labute approximate surface area is 158 Å². The molecule has 0 aliphatic carbocycles. The Kier molecular flexibility index (Phi) is 5.62. The first-order valence-electron chi connectivity index (χ1n) is 8.50. The van der Waals surface area contributed by atoms with Crippen molar-refractivity contribution in [2.75, 3.05) is 45.1 Å². The second kappa shape index (κ2) is 7.93. The summed E-state index contributed by atoms with van der Waals surface area (Å²) in [4.78, 5) is 20.7. The molecule has 3 rings (SSSR count). The molecule has 1 fully saturated rings. The van der Waals surface area contributed by atoms with E-state index in [4.69, 9.17) is 4.74 Å². The van der Waals surface area contributed by atoms with Gasteiger partial charge >= 0.3 is 0 Å². The molecule has 1 aliphatic rings. The largest absolute Gasteiger partial charge is 0.497 e. The standard InChI is InChI=1S/C18H22N4O4S/c1-21-9-11-22(12-10-21)18(23)17-13-14(7-8-19-17)20-27(24,25)16-5-3-15(26-2)4-6-16/h3-8,13H,9-12H2,1-2H3,(H,19,20). The van der Waals surface area contributed by atoms with Gasteiger partial charge in [-0.15, -0.1) is 0 Å². The van der Waals surface area contributed by atoms with Crippen LogP contribution in [0.4, 0.5) is 5.69 Å². The summed E-state index contributed by atoms with van der Waals surface area (Å²) in [7, 11) is -0.258. The highest BCUT2D eigenvalue weighted by Gasteiger charge is 2.22. The minimum absolute atomic E-state index is 0.104. The fraction of sp³-hybridized carbons (Fsp3) is 0.333. The summed E-state index contributed by atoms with van der Waals surface area (Å²) >= 11 is 0. The number of hydrogen-bond acceptors (Lipinski definition) is 6. The van der Waals surface area contributed by atoms with Crippen LogP contribution in [0.2, 0.25) is 0 Å². The van der Waals surface area contributed by atoms with Gasteiger partial charge in [-0.2, -0.15) is 0 Å². The Morgan fingerprint density at radius 2 is 1.78 bits per heavy atom. The van der Waals surface area contributed by atoms with E-state index in [0.717, 1.165) is 13.1 Å². The van der Waals surface area contributed by atoms with Crippen LogP contribution < -0.4 is 9.46 Å². The van der Waals surface area contributed by atoms with Crippen molar-refractivity contribution in [3.05, 3.63) is 48.3 Å². The summed E-state index contributed by atoms with van der Waals surface area (Å²) < 4.78 is 32.6. The van der Waals surface area contributed by atoms with E-state index in [1.165, 1.54) is 37.6 Å². The predicted octanol–water partition coefficient (Wildman–Crippen LogP) is 1.28. The SMILES string of the molecule is COc1ccc(S(=O)(=O)Nc2ccnc(C(=O)N3CCN(C)CC3)c2)cc1. The first-order chi connectivity index (χ1) is 12.9. The number of pyridine rings is 1. The lowest BCUT2D eigenvalue weighted by molar-refractivity contribution is 0.0658. The number of rotatable bonds is 5. The minimum atomic E-state index is -3.78. The van der Waals surface area contributed by atoms with Crippen LogP contribution in [0.5, 0.6) is 5.75 Å². The monoisotopic (exact) mass is 390 g/mol. The van der Waals surface area contributed by atoms with Gasteiger partial charge in [-0.25, -0.2) is 8.42 Å². The number of carbonyl (C=O) groups is 1. The van der Waals surface area contributed by atoms with Crippen molar-refractivity contribution in [1.82, 2.24) is 14.8 Å². The predicted molar refractivity (Wildman–Crippen MR) is 101 cm³/mol. The van der Waals surface area contributed by atoms with Crippen molar-refractivity contribution < 1.29 is 17.9 Å². The number of nitrogens with zero attached hydrogens (tertiary/aromatic N) is 3. The quantitative estimate of drug-likeness (QED) is 0.827. The minimum Gasteiger partial charge on any atom is -0.497 e. The van der Waals surface area contributed by atoms with Crippen LogP contribution in [-0.4, -0.2) is 69.4 Å². The topological polar surface area (TPSA) is 91.8 Å². The molecule has 1 aliphatic heterocycles. The molecular formula is C18H22N4O4S. The van der Waals surface area contributed by atoms with Gasteiger partial charge in [0.05, 0.1) is 17.7 Å². The van der Waals surface area contributed by atoms with Crippen molar-refractivity contribution in [2.24, 2.45) is 0 Å². The Morgan fingerprint density at radius 1 is 1.11 bits per heavy atom. The summed E-state index contributed by atoms with van der Waals surface area (Å²) in [6, 6.07) is 9.04. The molecule has 0 spiro atoms. The Morgan fingerprint density at radius 3 is 2.41 bits per heavy atom. The van der Waals surface area contributed by atoms with Crippen molar-refractivity contribution in [2.45, 2.75) is 4.90 Å². The lowest BCUT2D eigenvalue weighted by Crippen LogP contribution is -2.47. The van der Waals surface area contributed by atoms with E-state index in [9.17, 15) is 13.2 Å². The van der Waals surface area contributed by atoms with Gasteiger partial charge in [0.15, 0.2) is 0 Å². The number of likely N-dealkylation sites (N-methyl/N-ethyl adjacent to an activating group) is 1. The van der Waals surface area contributed by atoms with Gasteiger partial charge in [0.25, 0.3) is 15.9 Å². The molecule has 1 aromatic carbocycles. The number of aromatic nitrogens is 1. The molecule has 2 aromatic rings. The zero-order valence-corrected chi connectivity index (χ0v) is 16.1. The van der Waals surface area contributed by atoms with Crippen LogP contribution in [-0.2, 0) is 10.0 Å². The summed E-state index contributed by atoms with van der Waals surface area (Å²) in [5.41, 5.74) is 0.507.